The van der Waals surface area contributed by atoms with E-state index in [0.717, 1.165) is 4.31 Å². The quantitative estimate of drug-likeness (QED) is 0.665. The number of hydrogen-bond acceptors (Lipinski definition) is 5. The largest absolute Gasteiger partial charge is 0.497 e. The molecule has 0 bridgehead atoms. The van der Waals surface area contributed by atoms with E-state index in [0.29, 0.717) is 23.8 Å². The summed E-state index contributed by atoms with van der Waals surface area (Å²) in [7, 11) is -0.930. The highest BCUT2D eigenvalue weighted by atomic mass is 32.2. The van der Waals surface area contributed by atoms with Gasteiger partial charge in [0.1, 0.15) is 18.1 Å². The van der Waals surface area contributed by atoms with E-state index in [2.05, 4.69) is 11.9 Å². The van der Waals surface area contributed by atoms with Crippen LogP contribution in [0.15, 0.2) is 66.1 Å². The number of likely N-dealkylation sites (N-methyl/N-ethyl adjacent to an activating group) is 1. The van der Waals surface area contributed by atoms with Crippen LogP contribution in [0.4, 0.5) is 5.69 Å². The predicted octanol–water partition coefficient (Wildman–Crippen LogP) is 2.52. The molecule has 0 heterocycles. The Kier molecular flexibility index (Phi) is 6.98. The van der Waals surface area contributed by atoms with Crippen LogP contribution in [0.2, 0.25) is 0 Å². The van der Waals surface area contributed by atoms with Crippen molar-refractivity contribution in [2.24, 2.45) is 0 Å². The van der Waals surface area contributed by atoms with Crippen molar-refractivity contribution in [2.45, 2.75) is 4.90 Å². The van der Waals surface area contributed by atoms with Crippen molar-refractivity contribution in [3.8, 4) is 11.5 Å². The van der Waals surface area contributed by atoms with Crippen LogP contribution < -0.4 is 14.8 Å². The number of carbonyl (C=O) groups excluding carboxylic acids is 1. The second kappa shape index (κ2) is 9.20. The lowest BCUT2D eigenvalue weighted by Gasteiger charge is -2.17. The standard InChI is InChI=1S/C19H22N2O5S/c1-4-13-26-17-7-5-15(6-8-17)20-19(22)14-21(2)27(23,24)18-11-9-16(25-3)10-12-18/h4-12H,1,13-14H2,2-3H3,(H,20,22). The summed E-state index contributed by atoms with van der Waals surface area (Å²) in [5, 5.41) is 2.66. The highest BCUT2D eigenvalue weighted by molar-refractivity contribution is 7.89. The first-order chi connectivity index (χ1) is 12.9. The molecule has 0 spiro atoms. The third-order valence-electron chi connectivity index (χ3n) is 3.64. The monoisotopic (exact) mass is 390 g/mol. The minimum Gasteiger partial charge on any atom is -0.497 e. The molecule has 2 aromatic rings. The zero-order valence-corrected chi connectivity index (χ0v) is 16.0. The second-order valence-corrected chi connectivity index (χ2v) is 7.65. The van der Waals surface area contributed by atoms with Crippen molar-refractivity contribution in [2.75, 3.05) is 32.6 Å². The molecule has 0 saturated heterocycles. The third-order valence-corrected chi connectivity index (χ3v) is 5.46. The highest BCUT2D eigenvalue weighted by Gasteiger charge is 2.23. The van der Waals surface area contributed by atoms with Crippen molar-refractivity contribution < 1.29 is 22.7 Å². The Morgan fingerprint density at radius 2 is 1.70 bits per heavy atom. The summed E-state index contributed by atoms with van der Waals surface area (Å²) < 4.78 is 36.5. The SMILES string of the molecule is C=CCOc1ccc(NC(=O)CN(C)S(=O)(=O)c2ccc(OC)cc2)cc1. The fourth-order valence-corrected chi connectivity index (χ4v) is 3.33. The number of rotatable bonds is 9. The number of hydrogen-bond donors (Lipinski definition) is 1. The van der Waals surface area contributed by atoms with Crippen molar-refractivity contribution in [3.63, 3.8) is 0 Å². The molecule has 0 aliphatic carbocycles. The van der Waals surface area contributed by atoms with Crippen molar-refractivity contribution in [1.29, 1.82) is 0 Å². The third kappa shape index (κ3) is 5.57. The zero-order chi connectivity index (χ0) is 19.9. The lowest BCUT2D eigenvalue weighted by Crippen LogP contribution is -2.34. The number of methoxy groups -OCH3 is 1. The Morgan fingerprint density at radius 3 is 2.26 bits per heavy atom. The van der Waals surface area contributed by atoms with Gasteiger partial charge in [0.15, 0.2) is 0 Å². The van der Waals surface area contributed by atoms with Crippen molar-refractivity contribution in [1.82, 2.24) is 4.31 Å². The highest BCUT2D eigenvalue weighted by Crippen LogP contribution is 2.19. The van der Waals surface area contributed by atoms with E-state index in [4.69, 9.17) is 9.47 Å². The fraction of sp³-hybridized carbons (Fsp3) is 0.211. The lowest BCUT2D eigenvalue weighted by atomic mass is 10.3. The molecule has 0 aliphatic heterocycles. The Morgan fingerprint density at radius 1 is 1.11 bits per heavy atom. The fourth-order valence-electron chi connectivity index (χ4n) is 2.21. The van der Waals surface area contributed by atoms with Crippen LogP contribution in [-0.2, 0) is 14.8 Å². The molecule has 0 atom stereocenters. The molecule has 0 saturated carbocycles. The number of carbonyl (C=O) groups is 1. The van der Waals surface area contributed by atoms with Gasteiger partial charge in [-0.1, -0.05) is 12.7 Å². The number of ether oxygens (including phenoxy) is 2. The molecule has 2 aromatic carbocycles. The van der Waals surface area contributed by atoms with Crippen LogP contribution in [0.1, 0.15) is 0 Å². The zero-order valence-electron chi connectivity index (χ0n) is 15.2. The summed E-state index contributed by atoms with van der Waals surface area (Å²) in [5.41, 5.74) is 0.543. The Balaban J connectivity index is 1.98. The second-order valence-electron chi connectivity index (χ2n) is 5.61. The lowest BCUT2D eigenvalue weighted by molar-refractivity contribution is -0.116. The number of amides is 1. The molecule has 1 amide bonds. The van der Waals surface area contributed by atoms with E-state index in [1.807, 2.05) is 0 Å². The normalized spacial score (nSPS) is 11.1. The molecular weight excluding hydrogens is 368 g/mol. The van der Waals surface area contributed by atoms with Gasteiger partial charge in [0.2, 0.25) is 15.9 Å². The Hall–Kier alpha value is -2.84. The summed E-state index contributed by atoms with van der Waals surface area (Å²) in [6, 6.07) is 12.7. The van der Waals surface area contributed by atoms with Gasteiger partial charge in [-0.25, -0.2) is 8.42 Å². The van der Waals surface area contributed by atoms with Crippen molar-refractivity contribution >= 4 is 21.6 Å². The number of benzene rings is 2. The minimum atomic E-state index is -3.78. The van der Waals surface area contributed by atoms with E-state index in [1.54, 1.807) is 42.5 Å². The van der Waals surface area contributed by atoms with Gasteiger partial charge in [0, 0.05) is 12.7 Å². The Labute approximate surface area is 159 Å². The minimum absolute atomic E-state index is 0.0855. The summed E-state index contributed by atoms with van der Waals surface area (Å²) in [4.78, 5) is 12.3. The molecule has 7 nitrogen and oxygen atoms in total. The first-order valence-corrected chi connectivity index (χ1v) is 9.55. The van der Waals surface area contributed by atoms with Crippen LogP contribution >= 0.6 is 0 Å². The Bertz CT molecular complexity index is 877. The maximum atomic E-state index is 12.5. The van der Waals surface area contributed by atoms with E-state index in [9.17, 15) is 13.2 Å². The van der Waals surface area contributed by atoms with Gasteiger partial charge in [-0.15, -0.1) is 0 Å². The summed E-state index contributed by atoms with van der Waals surface area (Å²) >= 11 is 0. The summed E-state index contributed by atoms with van der Waals surface area (Å²) in [5.74, 6) is 0.747. The van der Waals surface area contributed by atoms with Gasteiger partial charge in [0.25, 0.3) is 0 Å². The molecule has 0 unspecified atom stereocenters. The first-order valence-electron chi connectivity index (χ1n) is 8.11. The molecule has 1 N–H and O–H groups in total. The van der Waals surface area contributed by atoms with Crippen LogP contribution in [0.5, 0.6) is 11.5 Å². The molecule has 2 rings (SSSR count). The smallest absolute Gasteiger partial charge is 0.243 e. The van der Waals surface area contributed by atoms with E-state index in [1.165, 1.54) is 26.3 Å². The number of nitrogens with one attached hydrogen (secondary N) is 1. The van der Waals surface area contributed by atoms with Gasteiger partial charge in [-0.3, -0.25) is 4.79 Å². The van der Waals surface area contributed by atoms with Crippen LogP contribution in [0.25, 0.3) is 0 Å². The number of sulfonamides is 1. The molecule has 0 radical (unpaired) electrons. The van der Waals surface area contributed by atoms with Gasteiger partial charge in [-0.2, -0.15) is 4.31 Å². The molecule has 0 aromatic heterocycles. The van der Waals surface area contributed by atoms with Gasteiger partial charge >= 0.3 is 0 Å². The molecule has 27 heavy (non-hydrogen) atoms. The summed E-state index contributed by atoms with van der Waals surface area (Å²) in [6.45, 7) is 3.64. The van der Waals surface area contributed by atoms with Crippen LogP contribution in [0.3, 0.4) is 0 Å². The molecule has 8 heteroatoms. The number of nitrogens with zero attached hydrogens (tertiary/aromatic N) is 1. The van der Waals surface area contributed by atoms with Crippen LogP contribution in [-0.4, -0.2) is 45.9 Å². The maximum Gasteiger partial charge on any atom is 0.243 e. The summed E-state index contributed by atoms with van der Waals surface area (Å²) in [6.07, 6.45) is 1.63. The topological polar surface area (TPSA) is 84.9 Å². The maximum absolute atomic E-state index is 12.5. The van der Waals surface area contributed by atoms with Crippen LogP contribution in [0, 0.1) is 0 Å². The number of anilines is 1. The van der Waals surface area contributed by atoms with Gasteiger partial charge in [0.05, 0.1) is 18.6 Å². The molecule has 144 valence electrons. The average molecular weight is 390 g/mol. The first kappa shape index (κ1) is 20.5. The van der Waals surface area contributed by atoms with Crippen molar-refractivity contribution in [3.05, 3.63) is 61.2 Å². The van der Waals surface area contributed by atoms with E-state index in [-0.39, 0.29) is 11.4 Å². The molecular formula is C19H22N2O5S. The van der Waals surface area contributed by atoms with E-state index >= 15 is 0 Å². The van der Waals surface area contributed by atoms with Gasteiger partial charge in [-0.05, 0) is 48.5 Å². The molecule has 0 fully saturated rings. The van der Waals surface area contributed by atoms with E-state index < -0.39 is 15.9 Å². The van der Waals surface area contributed by atoms with Gasteiger partial charge < -0.3 is 14.8 Å². The molecule has 0 aliphatic rings. The predicted molar refractivity (Wildman–Crippen MR) is 104 cm³/mol. The average Bonchev–Trinajstić information content (AvgIpc) is 2.67.